The fourth-order valence-corrected chi connectivity index (χ4v) is 1.79. The van der Waals surface area contributed by atoms with Crippen LogP contribution in [0.2, 0.25) is 0 Å². The SMILES string of the molecule is CCN(CC)c1nc(NC)nc(-c2cncc(F)c2)n1. The summed E-state index contributed by atoms with van der Waals surface area (Å²) in [5.41, 5.74) is 0.525. The number of hydrogen-bond donors (Lipinski definition) is 1. The van der Waals surface area contributed by atoms with Crippen molar-refractivity contribution in [2.45, 2.75) is 13.8 Å². The lowest BCUT2D eigenvalue weighted by molar-refractivity contribution is 0.621. The summed E-state index contributed by atoms with van der Waals surface area (Å²) >= 11 is 0. The van der Waals surface area contributed by atoms with Gasteiger partial charge in [-0.1, -0.05) is 0 Å². The van der Waals surface area contributed by atoms with Crippen molar-refractivity contribution in [2.24, 2.45) is 0 Å². The van der Waals surface area contributed by atoms with Crippen LogP contribution in [0.15, 0.2) is 18.5 Å². The molecule has 2 aromatic rings. The van der Waals surface area contributed by atoms with Crippen molar-refractivity contribution in [3.63, 3.8) is 0 Å². The standard InChI is InChI=1S/C13H17FN6/c1-4-20(5-2)13-18-11(17-12(15-3)19-13)9-6-10(14)8-16-7-9/h6-8H,4-5H2,1-3H3,(H,15,17,18,19). The molecule has 0 amide bonds. The Bertz CT molecular complexity index is 585. The Kier molecular flexibility index (Phi) is 4.39. The van der Waals surface area contributed by atoms with Gasteiger partial charge in [-0.15, -0.1) is 0 Å². The first-order valence-corrected chi connectivity index (χ1v) is 6.47. The summed E-state index contributed by atoms with van der Waals surface area (Å²) in [5.74, 6) is 0.992. The lowest BCUT2D eigenvalue weighted by atomic mass is 10.2. The van der Waals surface area contributed by atoms with Crippen molar-refractivity contribution in [3.8, 4) is 11.4 Å². The van der Waals surface area contributed by atoms with Crippen molar-refractivity contribution < 1.29 is 4.39 Å². The predicted octanol–water partition coefficient (Wildman–Crippen LogP) is 1.96. The molecule has 0 bridgehead atoms. The molecule has 2 aromatic heterocycles. The second kappa shape index (κ2) is 6.23. The van der Waals surface area contributed by atoms with Gasteiger partial charge in [-0.2, -0.15) is 15.0 Å². The molecule has 0 aliphatic rings. The van der Waals surface area contributed by atoms with Gasteiger partial charge in [-0.05, 0) is 19.9 Å². The van der Waals surface area contributed by atoms with E-state index < -0.39 is 5.82 Å². The number of nitrogens with one attached hydrogen (secondary N) is 1. The number of pyridine rings is 1. The van der Waals surface area contributed by atoms with Gasteiger partial charge in [0.2, 0.25) is 11.9 Å². The van der Waals surface area contributed by atoms with Crippen molar-refractivity contribution in [1.82, 2.24) is 19.9 Å². The quantitative estimate of drug-likeness (QED) is 0.900. The Hall–Kier alpha value is -2.31. The van der Waals surface area contributed by atoms with Gasteiger partial charge in [0.15, 0.2) is 5.82 Å². The van der Waals surface area contributed by atoms with Crippen LogP contribution in [-0.4, -0.2) is 40.1 Å². The first-order valence-electron chi connectivity index (χ1n) is 6.47. The van der Waals surface area contributed by atoms with Gasteiger partial charge in [0.05, 0.1) is 6.20 Å². The molecule has 0 aliphatic heterocycles. The molecule has 0 saturated heterocycles. The second-order valence-electron chi connectivity index (χ2n) is 4.10. The molecule has 0 saturated carbocycles. The molecule has 2 rings (SSSR count). The van der Waals surface area contributed by atoms with Crippen molar-refractivity contribution in [3.05, 3.63) is 24.3 Å². The molecule has 106 valence electrons. The number of hydrogen-bond acceptors (Lipinski definition) is 6. The van der Waals surface area contributed by atoms with E-state index in [0.29, 0.717) is 23.3 Å². The summed E-state index contributed by atoms with van der Waals surface area (Å²) in [4.78, 5) is 18.8. The van der Waals surface area contributed by atoms with Crippen LogP contribution in [0.5, 0.6) is 0 Å². The number of nitrogens with zero attached hydrogens (tertiary/aromatic N) is 5. The zero-order valence-corrected chi connectivity index (χ0v) is 11.8. The lowest BCUT2D eigenvalue weighted by Crippen LogP contribution is -2.25. The highest BCUT2D eigenvalue weighted by atomic mass is 19.1. The highest BCUT2D eigenvalue weighted by Crippen LogP contribution is 2.19. The van der Waals surface area contributed by atoms with Gasteiger partial charge in [-0.25, -0.2) is 4.39 Å². The molecule has 0 unspecified atom stereocenters. The van der Waals surface area contributed by atoms with Gasteiger partial charge in [0.25, 0.3) is 0 Å². The Labute approximate surface area is 117 Å². The molecule has 0 spiro atoms. The molecule has 0 radical (unpaired) electrons. The minimum Gasteiger partial charge on any atom is -0.357 e. The lowest BCUT2D eigenvalue weighted by Gasteiger charge is -2.19. The highest BCUT2D eigenvalue weighted by Gasteiger charge is 2.12. The molecule has 0 atom stereocenters. The minimum absolute atomic E-state index is 0.401. The van der Waals surface area contributed by atoms with E-state index in [0.717, 1.165) is 19.3 Å². The molecule has 1 N–H and O–H groups in total. The third-order valence-electron chi connectivity index (χ3n) is 2.86. The minimum atomic E-state index is -0.418. The highest BCUT2D eigenvalue weighted by molar-refractivity contribution is 5.57. The topological polar surface area (TPSA) is 66.8 Å². The molecule has 2 heterocycles. The Morgan fingerprint density at radius 1 is 1.15 bits per heavy atom. The van der Waals surface area contributed by atoms with Crippen molar-refractivity contribution >= 4 is 11.9 Å². The van der Waals surface area contributed by atoms with E-state index in [1.165, 1.54) is 12.3 Å². The van der Waals surface area contributed by atoms with E-state index in [9.17, 15) is 4.39 Å². The zero-order chi connectivity index (χ0) is 14.5. The molecule has 6 nitrogen and oxygen atoms in total. The van der Waals surface area contributed by atoms with E-state index in [1.807, 2.05) is 18.7 Å². The summed E-state index contributed by atoms with van der Waals surface area (Å²) < 4.78 is 13.3. The second-order valence-corrected chi connectivity index (χ2v) is 4.10. The number of anilines is 2. The summed E-state index contributed by atoms with van der Waals surface area (Å²) in [6.45, 7) is 5.61. The maximum atomic E-state index is 13.3. The molecule has 20 heavy (non-hydrogen) atoms. The van der Waals surface area contributed by atoms with Crippen LogP contribution in [-0.2, 0) is 0 Å². The van der Waals surface area contributed by atoms with Crippen LogP contribution in [0.25, 0.3) is 11.4 Å². The molecule has 0 aliphatic carbocycles. The van der Waals surface area contributed by atoms with Crippen molar-refractivity contribution in [2.75, 3.05) is 30.4 Å². The van der Waals surface area contributed by atoms with Gasteiger partial charge >= 0.3 is 0 Å². The maximum absolute atomic E-state index is 13.3. The van der Waals surface area contributed by atoms with E-state index in [1.54, 1.807) is 7.05 Å². The monoisotopic (exact) mass is 276 g/mol. The number of rotatable bonds is 5. The van der Waals surface area contributed by atoms with Gasteiger partial charge < -0.3 is 10.2 Å². The van der Waals surface area contributed by atoms with Gasteiger partial charge in [0, 0.05) is 31.9 Å². The van der Waals surface area contributed by atoms with E-state index in [-0.39, 0.29) is 0 Å². The van der Waals surface area contributed by atoms with Crippen molar-refractivity contribution in [1.29, 1.82) is 0 Å². The van der Waals surface area contributed by atoms with E-state index in [2.05, 4.69) is 25.3 Å². The maximum Gasteiger partial charge on any atom is 0.230 e. The first-order chi connectivity index (χ1) is 9.67. The Morgan fingerprint density at radius 2 is 1.90 bits per heavy atom. The average molecular weight is 276 g/mol. The zero-order valence-electron chi connectivity index (χ0n) is 11.8. The Balaban J connectivity index is 2.50. The predicted molar refractivity (Wildman–Crippen MR) is 76.1 cm³/mol. The molecule has 7 heteroatoms. The largest absolute Gasteiger partial charge is 0.357 e. The fraction of sp³-hybridized carbons (Fsp3) is 0.385. The van der Waals surface area contributed by atoms with Crippen LogP contribution in [0.3, 0.4) is 0 Å². The smallest absolute Gasteiger partial charge is 0.230 e. The van der Waals surface area contributed by atoms with E-state index in [4.69, 9.17) is 0 Å². The van der Waals surface area contributed by atoms with Gasteiger partial charge in [0.1, 0.15) is 5.82 Å². The fourth-order valence-electron chi connectivity index (χ4n) is 1.79. The molecule has 0 fully saturated rings. The summed E-state index contributed by atoms with van der Waals surface area (Å²) in [5, 5.41) is 2.89. The van der Waals surface area contributed by atoms with Gasteiger partial charge in [-0.3, -0.25) is 4.98 Å². The summed E-state index contributed by atoms with van der Waals surface area (Å²) in [7, 11) is 1.73. The van der Waals surface area contributed by atoms with E-state index >= 15 is 0 Å². The third kappa shape index (κ3) is 2.98. The first kappa shape index (κ1) is 14.1. The number of aromatic nitrogens is 4. The average Bonchev–Trinajstić information content (AvgIpc) is 2.48. The molecular weight excluding hydrogens is 259 g/mol. The van der Waals surface area contributed by atoms with Crippen LogP contribution < -0.4 is 10.2 Å². The molecular formula is C13H17FN6. The van der Waals surface area contributed by atoms with Crippen LogP contribution in [0.1, 0.15) is 13.8 Å². The number of halogens is 1. The third-order valence-corrected chi connectivity index (χ3v) is 2.86. The summed E-state index contributed by atoms with van der Waals surface area (Å²) in [6.07, 6.45) is 2.68. The normalized spacial score (nSPS) is 10.4. The summed E-state index contributed by atoms with van der Waals surface area (Å²) in [6, 6.07) is 1.35. The van der Waals surface area contributed by atoms with Crippen LogP contribution in [0.4, 0.5) is 16.3 Å². The van der Waals surface area contributed by atoms with Crippen LogP contribution >= 0.6 is 0 Å². The van der Waals surface area contributed by atoms with Crippen LogP contribution in [0, 0.1) is 5.82 Å². The molecule has 0 aromatic carbocycles. The Morgan fingerprint density at radius 3 is 2.50 bits per heavy atom.